The van der Waals surface area contributed by atoms with Crippen LogP contribution in [0.15, 0.2) is 24.3 Å². The maximum Gasteiger partial charge on any atom is 0.220 e. The Morgan fingerprint density at radius 1 is 1.39 bits per heavy atom. The minimum Gasteiger partial charge on any atom is -0.355 e. The molecule has 0 bridgehead atoms. The third-order valence-electron chi connectivity index (χ3n) is 2.43. The molecule has 5 nitrogen and oxygen atoms in total. The van der Waals surface area contributed by atoms with E-state index in [1.165, 1.54) is 0 Å². The smallest absolute Gasteiger partial charge is 0.220 e. The van der Waals surface area contributed by atoms with Gasteiger partial charge in [-0.2, -0.15) is 0 Å². The minimum absolute atomic E-state index is 0.0610. The van der Waals surface area contributed by atoms with Gasteiger partial charge in [0, 0.05) is 13.0 Å². The van der Waals surface area contributed by atoms with Gasteiger partial charge in [0.05, 0.1) is 5.75 Å². The molecule has 0 saturated carbocycles. The number of aryl methyl sites for hydroxylation is 2. The maximum absolute atomic E-state index is 11.4. The summed E-state index contributed by atoms with van der Waals surface area (Å²) in [5, 5.41) is 7.35. The molecule has 0 aliphatic carbocycles. The molecule has 0 aliphatic rings. The van der Waals surface area contributed by atoms with Crippen molar-refractivity contribution in [3.63, 3.8) is 0 Å². The first-order valence-corrected chi connectivity index (χ1v) is 7.41. The van der Waals surface area contributed by atoms with Crippen molar-refractivity contribution < 1.29 is 13.2 Å². The van der Waals surface area contributed by atoms with Crippen LogP contribution in [0.4, 0.5) is 0 Å². The second-order valence-electron chi connectivity index (χ2n) is 4.21. The van der Waals surface area contributed by atoms with Crippen molar-refractivity contribution in [1.29, 1.82) is 0 Å². The van der Waals surface area contributed by atoms with Gasteiger partial charge in [0.1, 0.15) is 0 Å². The number of carbonyl (C=O) groups excluding carboxylic acids is 1. The number of sulfonamides is 1. The van der Waals surface area contributed by atoms with Crippen molar-refractivity contribution in [2.24, 2.45) is 5.14 Å². The number of amides is 1. The van der Waals surface area contributed by atoms with Crippen molar-refractivity contribution in [1.82, 2.24) is 5.32 Å². The molecular weight excluding hydrogens is 252 g/mol. The van der Waals surface area contributed by atoms with Gasteiger partial charge in [-0.1, -0.05) is 29.8 Å². The zero-order chi connectivity index (χ0) is 13.6. The summed E-state index contributed by atoms with van der Waals surface area (Å²) in [4.78, 5) is 11.4. The van der Waals surface area contributed by atoms with Gasteiger partial charge in [-0.15, -0.1) is 0 Å². The molecule has 0 saturated heterocycles. The molecule has 1 amide bonds. The first-order chi connectivity index (χ1) is 8.37. The van der Waals surface area contributed by atoms with Crippen LogP contribution < -0.4 is 10.5 Å². The average Bonchev–Trinajstić information content (AvgIpc) is 2.25. The Hall–Kier alpha value is -1.40. The summed E-state index contributed by atoms with van der Waals surface area (Å²) < 4.78 is 21.3. The molecule has 0 heterocycles. The lowest BCUT2D eigenvalue weighted by Crippen LogP contribution is -2.31. The Kier molecular flexibility index (Phi) is 5.30. The molecule has 0 atom stereocenters. The van der Waals surface area contributed by atoms with E-state index in [0.717, 1.165) is 11.1 Å². The highest BCUT2D eigenvalue weighted by atomic mass is 32.2. The van der Waals surface area contributed by atoms with Crippen molar-refractivity contribution >= 4 is 15.9 Å². The molecule has 0 aromatic heterocycles. The largest absolute Gasteiger partial charge is 0.355 e. The van der Waals surface area contributed by atoms with Crippen LogP contribution in [-0.4, -0.2) is 26.6 Å². The number of nitrogens with one attached hydrogen (secondary N) is 1. The molecule has 0 spiro atoms. The number of primary sulfonamides is 1. The molecule has 0 radical (unpaired) electrons. The van der Waals surface area contributed by atoms with Crippen molar-refractivity contribution in [3.8, 4) is 0 Å². The monoisotopic (exact) mass is 270 g/mol. The molecule has 100 valence electrons. The van der Waals surface area contributed by atoms with Crippen LogP contribution >= 0.6 is 0 Å². The fraction of sp³-hybridized carbons (Fsp3) is 0.417. The summed E-state index contributed by atoms with van der Waals surface area (Å²) >= 11 is 0. The second-order valence-corrected chi connectivity index (χ2v) is 5.94. The van der Waals surface area contributed by atoms with Gasteiger partial charge in [0.15, 0.2) is 0 Å². The Labute approximate surface area is 107 Å². The highest BCUT2D eigenvalue weighted by Gasteiger charge is 2.05. The lowest BCUT2D eigenvalue weighted by atomic mass is 10.1. The van der Waals surface area contributed by atoms with E-state index in [1.54, 1.807) is 0 Å². The quantitative estimate of drug-likeness (QED) is 0.780. The van der Waals surface area contributed by atoms with Gasteiger partial charge >= 0.3 is 0 Å². The van der Waals surface area contributed by atoms with Crippen LogP contribution in [0.25, 0.3) is 0 Å². The van der Waals surface area contributed by atoms with E-state index in [0.29, 0.717) is 12.8 Å². The zero-order valence-corrected chi connectivity index (χ0v) is 11.2. The predicted molar refractivity (Wildman–Crippen MR) is 70.5 cm³/mol. The molecule has 3 N–H and O–H groups in total. The molecule has 0 unspecified atom stereocenters. The van der Waals surface area contributed by atoms with Gasteiger partial charge in [-0.05, 0) is 18.9 Å². The first-order valence-electron chi connectivity index (χ1n) is 5.69. The van der Waals surface area contributed by atoms with Crippen molar-refractivity contribution in [2.45, 2.75) is 19.8 Å². The fourth-order valence-electron chi connectivity index (χ4n) is 1.55. The molecule has 18 heavy (non-hydrogen) atoms. The lowest BCUT2D eigenvalue weighted by Gasteiger charge is -2.05. The summed E-state index contributed by atoms with van der Waals surface area (Å²) in [6, 6.07) is 7.93. The standard InChI is InChI=1S/C12H18N2O3S/c1-10-3-2-4-11(9-10)5-6-12(15)14-7-8-18(13,16)17/h2-4,9H,5-8H2,1H3,(H,14,15)(H2,13,16,17). The van der Waals surface area contributed by atoms with Crippen LogP contribution in [-0.2, 0) is 21.2 Å². The third kappa shape index (κ3) is 6.36. The maximum atomic E-state index is 11.4. The summed E-state index contributed by atoms with van der Waals surface area (Å²) in [5.74, 6) is -0.399. The van der Waals surface area contributed by atoms with Crippen LogP contribution in [0.3, 0.4) is 0 Å². The number of carbonyl (C=O) groups is 1. The van der Waals surface area contributed by atoms with Crippen LogP contribution in [0.2, 0.25) is 0 Å². The molecule has 0 aliphatic heterocycles. The molecule has 1 aromatic carbocycles. The summed E-state index contributed by atoms with van der Waals surface area (Å²) in [5.41, 5.74) is 2.25. The van der Waals surface area contributed by atoms with Crippen LogP contribution in [0.1, 0.15) is 17.5 Å². The Balaban J connectivity index is 2.29. The molecule has 1 aromatic rings. The molecule has 6 heteroatoms. The van der Waals surface area contributed by atoms with Crippen molar-refractivity contribution in [2.75, 3.05) is 12.3 Å². The molecule has 1 rings (SSSR count). The SMILES string of the molecule is Cc1cccc(CCC(=O)NCCS(N)(=O)=O)c1. The number of hydrogen-bond donors (Lipinski definition) is 2. The number of rotatable bonds is 6. The third-order valence-corrected chi connectivity index (χ3v) is 3.21. The second kappa shape index (κ2) is 6.51. The van der Waals surface area contributed by atoms with E-state index in [2.05, 4.69) is 5.32 Å². The minimum atomic E-state index is -3.51. The number of nitrogens with two attached hydrogens (primary N) is 1. The average molecular weight is 270 g/mol. The first kappa shape index (κ1) is 14.7. The van der Waals surface area contributed by atoms with E-state index in [9.17, 15) is 13.2 Å². The Morgan fingerprint density at radius 3 is 2.72 bits per heavy atom. The van der Waals surface area contributed by atoms with Gasteiger partial charge in [0.25, 0.3) is 0 Å². The molecular formula is C12H18N2O3S. The summed E-state index contributed by atoms with van der Waals surface area (Å²) in [7, 11) is -3.51. The highest BCUT2D eigenvalue weighted by molar-refractivity contribution is 7.89. The Morgan fingerprint density at radius 2 is 2.11 bits per heavy atom. The summed E-state index contributed by atoms with van der Waals surface area (Å²) in [6.07, 6.45) is 0.983. The molecule has 0 fully saturated rings. The van der Waals surface area contributed by atoms with Crippen molar-refractivity contribution in [3.05, 3.63) is 35.4 Å². The van der Waals surface area contributed by atoms with Crippen LogP contribution in [0, 0.1) is 6.92 Å². The Bertz CT molecular complexity index is 512. The van der Waals surface area contributed by atoms with Gasteiger partial charge in [-0.3, -0.25) is 4.79 Å². The van der Waals surface area contributed by atoms with Crippen LogP contribution in [0.5, 0.6) is 0 Å². The zero-order valence-electron chi connectivity index (χ0n) is 10.3. The van der Waals surface area contributed by atoms with E-state index >= 15 is 0 Å². The van der Waals surface area contributed by atoms with Gasteiger partial charge < -0.3 is 5.32 Å². The number of benzene rings is 1. The normalized spacial score (nSPS) is 11.2. The van der Waals surface area contributed by atoms with Gasteiger partial charge in [0.2, 0.25) is 15.9 Å². The fourth-order valence-corrected chi connectivity index (χ4v) is 1.93. The number of hydrogen-bond acceptors (Lipinski definition) is 3. The van der Waals surface area contributed by atoms with E-state index in [4.69, 9.17) is 5.14 Å². The summed E-state index contributed by atoms with van der Waals surface area (Å²) in [6.45, 7) is 2.06. The van der Waals surface area contributed by atoms with E-state index in [-0.39, 0.29) is 18.2 Å². The van der Waals surface area contributed by atoms with E-state index in [1.807, 2.05) is 31.2 Å². The lowest BCUT2D eigenvalue weighted by molar-refractivity contribution is -0.120. The topological polar surface area (TPSA) is 89.3 Å². The highest BCUT2D eigenvalue weighted by Crippen LogP contribution is 2.06. The predicted octanol–water partition coefficient (Wildman–Crippen LogP) is 0.332. The van der Waals surface area contributed by atoms with E-state index < -0.39 is 10.0 Å². The van der Waals surface area contributed by atoms with Gasteiger partial charge in [-0.25, -0.2) is 13.6 Å².